The molecule has 0 fully saturated rings. The first-order valence-corrected chi connectivity index (χ1v) is 22.4. The molecule has 0 saturated heterocycles. The van der Waals surface area contributed by atoms with Crippen LogP contribution in [0.1, 0.15) is 33.6 Å². The Kier molecular flexibility index (Phi) is 11.9. The average molecular weight is 1000 g/mol. The average Bonchev–Trinajstić information content (AvgIpc) is 3.76. The first kappa shape index (κ1) is 47.9. The van der Waals surface area contributed by atoms with Crippen LogP contribution in [0.2, 0.25) is 0 Å². The molecule has 0 unspecified atom stereocenters. The van der Waals surface area contributed by atoms with Gasteiger partial charge >= 0.3 is 24.3 Å². The van der Waals surface area contributed by atoms with Gasteiger partial charge in [0.2, 0.25) is 0 Å². The highest BCUT2D eigenvalue weighted by Crippen LogP contribution is 2.39. The molecule has 0 aliphatic rings. The molecule has 0 radical (unpaired) electrons. The number of halogens is 8. The van der Waals surface area contributed by atoms with Gasteiger partial charge in [0.15, 0.2) is 0 Å². The molecule has 368 valence electrons. The van der Waals surface area contributed by atoms with Crippen molar-refractivity contribution >= 4 is 55.3 Å². The van der Waals surface area contributed by atoms with Gasteiger partial charge in [-0.15, -0.1) is 0 Å². The summed E-state index contributed by atoms with van der Waals surface area (Å²) in [5.74, 6) is -3.35. The van der Waals surface area contributed by atoms with Crippen LogP contribution in [0.25, 0.3) is 65.9 Å². The molecule has 19 heteroatoms. The van der Waals surface area contributed by atoms with Crippen LogP contribution in [0.3, 0.4) is 0 Å². The minimum atomic E-state index is -4.64. The van der Waals surface area contributed by atoms with Crippen LogP contribution in [0.4, 0.5) is 35.1 Å². The molecule has 0 saturated carbocycles. The van der Waals surface area contributed by atoms with E-state index >= 15 is 8.78 Å². The molecule has 4 heterocycles. The largest absolute Gasteiger partial charge is 0.416 e. The number of carbonyl (C=O) groups excluding carboxylic acids is 2. The zero-order valence-corrected chi connectivity index (χ0v) is 38.3. The number of aromatic nitrogens is 6. The molecular weight excluding hydrogens is 965 g/mol. The van der Waals surface area contributed by atoms with Gasteiger partial charge in [0, 0.05) is 55.1 Å². The highest BCUT2D eigenvalue weighted by Gasteiger charge is 2.32. The van der Waals surface area contributed by atoms with E-state index in [-0.39, 0.29) is 51.6 Å². The summed E-state index contributed by atoms with van der Waals surface area (Å²) < 4.78 is 122. The summed E-state index contributed by atoms with van der Waals surface area (Å²) in [6.45, 7) is 1.51. The van der Waals surface area contributed by atoms with Crippen LogP contribution in [0, 0.1) is 25.5 Å². The smallest absolute Gasteiger partial charge is 0.390 e. The zero-order chi connectivity index (χ0) is 51.7. The maximum Gasteiger partial charge on any atom is 0.416 e. The van der Waals surface area contributed by atoms with Crippen molar-refractivity contribution in [3.63, 3.8) is 0 Å². The molecule has 0 N–H and O–H groups in total. The van der Waals surface area contributed by atoms with Gasteiger partial charge in [-0.25, -0.2) is 27.7 Å². The van der Waals surface area contributed by atoms with Crippen LogP contribution in [0.15, 0.2) is 143 Å². The minimum absolute atomic E-state index is 0.140. The van der Waals surface area contributed by atoms with Gasteiger partial charge in [-0.2, -0.15) is 36.5 Å². The molecule has 0 spiro atoms. The topological polar surface area (TPSA) is 123 Å². The van der Waals surface area contributed by atoms with Gasteiger partial charge in [0.1, 0.15) is 36.1 Å². The molecule has 73 heavy (non-hydrogen) atoms. The van der Waals surface area contributed by atoms with Crippen molar-refractivity contribution in [3.8, 4) is 22.5 Å². The predicted octanol–water partition coefficient (Wildman–Crippen LogP) is 11.1. The van der Waals surface area contributed by atoms with E-state index in [1.807, 2.05) is 0 Å². The Balaban J connectivity index is 0.983. The maximum absolute atomic E-state index is 15.1. The van der Waals surface area contributed by atoms with Crippen molar-refractivity contribution in [2.75, 3.05) is 0 Å². The number of ether oxygens (including phenoxy) is 1. The van der Waals surface area contributed by atoms with Crippen molar-refractivity contribution in [1.29, 1.82) is 0 Å². The van der Waals surface area contributed by atoms with Gasteiger partial charge in [0.05, 0.1) is 35.0 Å². The highest BCUT2D eigenvalue weighted by atomic mass is 19.4. The standard InChI is InChI=1S/C54H36F8N6O5/c1-29-47(49-37-10-3-5-12-39(37)51(71)67(63-49)25-31-14-16-33(17-15-31)53(57,58)59)41-23-35(55)18-20-43(41)65(29)27-45(69)73-46(70)28-66-30(2)48(42-24-36(56)19-21-44(42)66)50-38-11-4-6-13-40(38)52(72)68(64-50)26-32-8-7-9-34(22-32)54(60,61)62/h3-24H,25-28H2,1-2H3. The fourth-order valence-electron chi connectivity index (χ4n) is 9.41. The molecular formula is C54H36F8N6O5. The quantitative estimate of drug-likeness (QED) is 0.0759. The predicted molar refractivity (Wildman–Crippen MR) is 255 cm³/mol. The summed E-state index contributed by atoms with van der Waals surface area (Å²) >= 11 is 0. The third-order valence-corrected chi connectivity index (χ3v) is 12.8. The van der Waals surface area contributed by atoms with E-state index in [2.05, 4.69) is 10.2 Å². The van der Waals surface area contributed by atoms with Gasteiger partial charge in [-0.3, -0.25) is 9.59 Å². The number of fused-ring (bicyclic) bond motifs is 4. The Morgan fingerprint density at radius 1 is 0.493 bits per heavy atom. The van der Waals surface area contributed by atoms with Crippen molar-refractivity contribution in [1.82, 2.24) is 28.7 Å². The van der Waals surface area contributed by atoms with E-state index in [1.165, 1.54) is 69.8 Å². The van der Waals surface area contributed by atoms with Crippen LogP contribution in [0.5, 0.6) is 0 Å². The zero-order valence-electron chi connectivity index (χ0n) is 38.3. The lowest BCUT2D eigenvalue weighted by molar-refractivity contribution is -0.160. The van der Waals surface area contributed by atoms with Crippen LogP contribution in [-0.4, -0.2) is 40.6 Å². The number of nitrogens with zero attached hydrogens (tertiary/aromatic N) is 6. The molecule has 11 nitrogen and oxygen atoms in total. The summed E-state index contributed by atoms with van der Waals surface area (Å²) in [6, 6.07) is 29.3. The molecule has 4 aromatic heterocycles. The van der Waals surface area contributed by atoms with Crippen molar-refractivity contribution in [2.24, 2.45) is 0 Å². The Morgan fingerprint density at radius 2 is 0.932 bits per heavy atom. The molecule has 0 atom stereocenters. The van der Waals surface area contributed by atoms with Gasteiger partial charge in [-0.1, -0.05) is 60.7 Å². The van der Waals surface area contributed by atoms with E-state index in [4.69, 9.17) is 4.74 Å². The lowest BCUT2D eigenvalue weighted by atomic mass is 10.0. The second-order valence-corrected chi connectivity index (χ2v) is 17.4. The number of esters is 2. The minimum Gasteiger partial charge on any atom is -0.390 e. The van der Waals surface area contributed by atoms with E-state index < -0.39 is 71.3 Å². The van der Waals surface area contributed by atoms with E-state index in [0.717, 1.165) is 39.7 Å². The Bertz CT molecular complexity index is 4020. The molecule has 0 bridgehead atoms. The van der Waals surface area contributed by atoms with Gasteiger partial charge in [-0.05, 0) is 97.8 Å². The third-order valence-electron chi connectivity index (χ3n) is 12.8. The van der Waals surface area contributed by atoms with E-state index in [9.17, 15) is 45.5 Å². The number of rotatable bonds is 10. The summed E-state index contributed by atoms with van der Waals surface area (Å²) in [4.78, 5) is 55.3. The third kappa shape index (κ3) is 8.91. The lowest BCUT2D eigenvalue weighted by Gasteiger charge is -2.14. The van der Waals surface area contributed by atoms with Crippen molar-refractivity contribution in [2.45, 2.75) is 52.4 Å². The van der Waals surface area contributed by atoms with Crippen LogP contribution >= 0.6 is 0 Å². The van der Waals surface area contributed by atoms with Crippen LogP contribution in [-0.2, 0) is 52.9 Å². The molecule has 6 aromatic carbocycles. The number of alkyl halides is 6. The normalized spacial score (nSPS) is 12.1. The first-order valence-electron chi connectivity index (χ1n) is 22.4. The number of benzene rings is 6. The molecule has 10 aromatic rings. The van der Waals surface area contributed by atoms with Crippen molar-refractivity contribution in [3.05, 3.63) is 199 Å². The monoisotopic (exact) mass is 1000 g/mol. The van der Waals surface area contributed by atoms with E-state index in [0.29, 0.717) is 49.9 Å². The molecule has 10 rings (SSSR count). The van der Waals surface area contributed by atoms with Crippen LogP contribution < -0.4 is 11.1 Å². The summed E-state index contributed by atoms with van der Waals surface area (Å²) in [5, 5.41) is 10.9. The van der Waals surface area contributed by atoms with Crippen molar-refractivity contribution < 1.29 is 49.4 Å². The second-order valence-electron chi connectivity index (χ2n) is 17.4. The SMILES string of the molecule is Cc1c(-c2nn(Cc3ccc(C(F)(F)F)cc3)c(=O)c3ccccc23)c2cc(F)ccc2n1CC(=O)OC(=O)Cn1c(C)c(-c2nn(Cc3cccc(C(F)(F)F)c3)c(=O)c3ccccc23)c2cc(F)ccc21. The number of hydrogen-bond acceptors (Lipinski definition) is 7. The first-order chi connectivity index (χ1) is 34.7. The number of hydrogen-bond donors (Lipinski definition) is 0. The Morgan fingerprint density at radius 3 is 1.38 bits per heavy atom. The fourth-order valence-corrected chi connectivity index (χ4v) is 9.41. The molecule has 0 aliphatic heterocycles. The summed E-state index contributed by atoms with van der Waals surface area (Å²) in [7, 11) is 0. The summed E-state index contributed by atoms with van der Waals surface area (Å²) in [6.07, 6.45) is -9.22. The fraction of sp³-hybridized carbons (Fsp3) is 0.148. The second kappa shape index (κ2) is 18.1. The Hall–Kier alpha value is -8.74. The maximum atomic E-state index is 15.1. The highest BCUT2D eigenvalue weighted by molar-refractivity contribution is 6.07. The Labute approximate surface area is 406 Å². The molecule has 0 amide bonds. The van der Waals surface area contributed by atoms with Gasteiger partial charge < -0.3 is 13.9 Å². The summed E-state index contributed by atoms with van der Waals surface area (Å²) in [5.41, 5.74) is -0.115. The molecule has 0 aliphatic carbocycles. The lowest BCUT2D eigenvalue weighted by Crippen LogP contribution is -2.25. The van der Waals surface area contributed by atoms with Gasteiger partial charge in [0.25, 0.3) is 11.1 Å². The number of carbonyl (C=O) groups is 2. The van der Waals surface area contributed by atoms with E-state index in [1.54, 1.807) is 56.3 Å².